The van der Waals surface area contributed by atoms with Crippen molar-refractivity contribution in [1.82, 2.24) is 14.7 Å². The summed E-state index contributed by atoms with van der Waals surface area (Å²) in [6.45, 7) is 26.8. The number of hydrogen-bond donors (Lipinski definition) is 0. The lowest BCUT2D eigenvalue weighted by Crippen LogP contribution is -2.43. The minimum absolute atomic E-state index is 0.0501. The molecule has 0 bridgehead atoms. The molecular formula is C26H48BN3O5Si. The molecule has 0 aromatic carbocycles. The van der Waals surface area contributed by atoms with Crippen molar-refractivity contribution in [2.45, 2.75) is 130 Å². The molecule has 2 aliphatic rings. The quantitative estimate of drug-likeness (QED) is 0.491. The van der Waals surface area contributed by atoms with E-state index in [0.717, 1.165) is 24.0 Å². The number of amides is 1. The van der Waals surface area contributed by atoms with Gasteiger partial charge in [-0.15, -0.1) is 0 Å². The summed E-state index contributed by atoms with van der Waals surface area (Å²) in [5.74, 6) is 0. The van der Waals surface area contributed by atoms with Gasteiger partial charge in [0.15, 0.2) is 8.32 Å². The van der Waals surface area contributed by atoms with Crippen molar-refractivity contribution in [3.05, 3.63) is 11.9 Å². The molecule has 2 saturated heterocycles. The second-order valence-corrected chi connectivity index (χ2v) is 18.7. The average Bonchev–Trinajstić information content (AvgIpc) is 3.22. The van der Waals surface area contributed by atoms with Gasteiger partial charge in [-0.3, -0.25) is 4.68 Å². The molecule has 0 N–H and O–H groups in total. The summed E-state index contributed by atoms with van der Waals surface area (Å²) in [5.41, 5.74) is 0.327. The van der Waals surface area contributed by atoms with Gasteiger partial charge in [-0.05, 0) is 79.4 Å². The van der Waals surface area contributed by atoms with Gasteiger partial charge in [-0.1, -0.05) is 20.8 Å². The lowest BCUT2D eigenvalue weighted by atomic mass is 9.79. The van der Waals surface area contributed by atoms with Crippen molar-refractivity contribution in [3.63, 3.8) is 0 Å². The fraction of sp³-hybridized carbons (Fsp3) is 0.846. The molecule has 204 valence electrons. The van der Waals surface area contributed by atoms with Gasteiger partial charge in [0.1, 0.15) is 5.60 Å². The van der Waals surface area contributed by atoms with Crippen molar-refractivity contribution in [1.29, 1.82) is 0 Å². The van der Waals surface area contributed by atoms with Gasteiger partial charge in [0.05, 0.1) is 29.5 Å². The van der Waals surface area contributed by atoms with Crippen LogP contribution in [-0.4, -0.2) is 66.1 Å². The van der Waals surface area contributed by atoms with Crippen LogP contribution in [0, 0.1) is 0 Å². The number of nitrogens with zero attached hydrogens (tertiary/aromatic N) is 3. The van der Waals surface area contributed by atoms with Crippen LogP contribution in [0.25, 0.3) is 0 Å². The molecule has 10 heteroatoms. The fourth-order valence-electron chi connectivity index (χ4n) is 4.04. The summed E-state index contributed by atoms with van der Waals surface area (Å²) < 4.78 is 27.0. The van der Waals surface area contributed by atoms with Gasteiger partial charge in [0, 0.05) is 24.7 Å². The molecule has 0 unspecified atom stereocenters. The SMILES string of the molecule is CC(C)(C)OC(=O)N1CCC[C@H](n2cc(B3OC(C)(C)C(C)(C)O3)c(CO[Si](C)(C)C(C)(C)C)n2)C1. The second kappa shape index (κ2) is 9.75. The highest BCUT2D eigenvalue weighted by molar-refractivity contribution is 6.74. The first kappa shape index (κ1) is 29.2. The van der Waals surface area contributed by atoms with Gasteiger partial charge in [-0.25, -0.2) is 4.79 Å². The Morgan fingerprint density at radius 3 is 2.25 bits per heavy atom. The minimum Gasteiger partial charge on any atom is -0.444 e. The Labute approximate surface area is 219 Å². The Morgan fingerprint density at radius 1 is 1.14 bits per heavy atom. The first-order valence-electron chi connectivity index (χ1n) is 13.3. The van der Waals surface area contributed by atoms with Crippen LogP contribution in [0.15, 0.2) is 6.20 Å². The molecule has 1 aromatic rings. The van der Waals surface area contributed by atoms with Crippen LogP contribution in [0.5, 0.6) is 0 Å². The summed E-state index contributed by atoms with van der Waals surface area (Å²) in [6.07, 6.45) is 3.60. The molecule has 3 rings (SSSR count). The Hall–Kier alpha value is -1.36. The van der Waals surface area contributed by atoms with Crippen LogP contribution in [0.1, 0.15) is 93.8 Å². The lowest BCUT2D eigenvalue weighted by Gasteiger charge is -2.36. The Balaban J connectivity index is 1.88. The van der Waals surface area contributed by atoms with Crippen LogP contribution in [0.4, 0.5) is 4.79 Å². The average molecular weight is 522 g/mol. The van der Waals surface area contributed by atoms with E-state index in [0.29, 0.717) is 19.7 Å². The molecule has 8 nitrogen and oxygen atoms in total. The third-order valence-corrected chi connectivity index (χ3v) is 12.6. The summed E-state index contributed by atoms with van der Waals surface area (Å²) in [4.78, 5) is 14.5. The first-order valence-corrected chi connectivity index (χ1v) is 16.2. The van der Waals surface area contributed by atoms with Crippen LogP contribution < -0.4 is 5.46 Å². The van der Waals surface area contributed by atoms with Crippen LogP contribution in [-0.2, 0) is 25.1 Å². The molecule has 0 spiro atoms. The summed E-state index contributed by atoms with van der Waals surface area (Å²) in [7, 11) is -2.51. The highest BCUT2D eigenvalue weighted by atomic mass is 28.4. The molecular weight excluding hydrogens is 473 g/mol. The zero-order valence-electron chi connectivity index (χ0n) is 24.7. The number of ether oxygens (including phenoxy) is 1. The minimum atomic E-state index is -1.99. The summed E-state index contributed by atoms with van der Waals surface area (Å²) >= 11 is 0. The van der Waals surface area contributed by atoms with Crippen molar-refractivity contribution in [3.8, 4) is 0 Å². The maximum atomic E-state index is 12.7. The molecule has 0 saturated carbocycles. The van der Waals surface area contributed by atoms with E-state index >= 15 is 0 Å². The maximum absolute atomic E-state index is 12.7. The lowest BCUT2D eigenvalue weighted by molar-refractivity contribution is 0.00578. The molecule has 2 aliphatic heterocycles. The zero-order valence-corrected chi connectivity index (χ0v) is 25.7. The Bertz CT molecular complexity index is 932. The smallest absolute Gasteiger partial charge is 0.444 e. The highest BCUT2D eigenvalue weighted by Crippen LogP contribution is 2.38. The summed E-state index contributed by atoms with van der Waals surface area (Å²) in [6, 6.07) is 0.0501. The summed E-state index contributed by atoms with van der Waals surface area (Å²) in [5, 5.41) is 5.10. The van der Waals surface area contributed by atoms with Gasteiger partial charge in [-0.2, -0.15) is 5.10 Å². The van der Waals surface area contributed by atoms with Crippen LogP contribution in [0.3, 0.4) is 0 Å². The molecule has 3 heterocycles. The number of carbonyl (C=O) groups is 1. The number of carbonyl (C=O) groups excluding carboxylic acids is 1. The van der Waals surface area contributed by atoms with Gasteiger partial charge < -0.3 is 23.4 Å². The van der Waals surface area contributed by atoms with Crippen molar-refractivity contribution < 1.29 is 23.3 Å². The molecule has 36 heavy (non-hydrogen) atoms. The predicted octanol–water partition coefficient (Wildman–Crippen LogP) is 5.28. The number of likely N-dealkylation sites (tertiary alicyclic amines) is 1. The van der Waals surface area contributed by atoms with Crippen molar-refractivity contribution >= 4 is 27.0 Å². The third kappa shape index (κ3) is 6.37. The van der Waals surface area contributed by atoms with Gasteiger partial charge >= 0.3 is 13.2 Å². The van der Waals surface area contributed by atoms with Gasteiger partial charge in [0.2, 0.25) is 0 Å². The topological polar surface area (TPSA) is 75.1 Å². The standard InChI is InChI=1S/C26H48BN3O5Si/c1-23(2,3)33-22(31)29-15-13-14-19(16-29)30-17-20(27-34-25(7,8)26(9,10)35-27)21(28-30)18-32-36(11,12)24(4,5)6/h17,19H,13-16,18H2,1-12H3/t19-/m0/s1. The molecule has 1 atom stereocenters. The van der Waals surface area contributed by atoms with Gasteiger partial charge in [0.25, 0.3) is 0 Å². The molecule has 1 aromatic heterocycles. The number of rotatable bonds is 5. The highest BCUT2D eigenvalue weighted by Gasteiger charge is 2.53. The van der Waals surface area contributed by atoms with Crippen LogP contribution >= 0.6 is 0 Å². The normalized spacial score (nSPS) is 22.7. The number of piperidine rings is 1. The monoisotopic (exact) mass is 521 g/mol. The van der Waals surface area contributed by atoms with Crippen LogP contribution in [0.2, 0.25) is 18.1 Å². The largest absolute Gasteiger partial charge is 0.498 e. The van der Waals surface area contributed by atoms with Crippen molar-refractivity contribution in [2.75, 3.05) is 13.1 Å². The molecule has 0 radical (unpaired) electrons. The van der Waals surface area contributed by atoms with E-state index in [1.54, 1.807) is 4.90 Å². The fourth-order valence-corrected chi connectivity index (χ4v) is 4.97. The zero-order chi connectivity index (χ0) is 27.3. The van der Waals surface area contributed by atoms with E-state index in [2.05, 4.69) is 61.6 Å². The second-order valence-electron chi connectivity index (χ2n) is 13.9. The number of aromatic nitrogens is 2. The van der Waals surface area contributed by atoms with E-state index < -0.39 is 32.2 Å². The third-order valence-electron chi connectivity index (χ3n) is 8.15. The first-order chi connectivity index (χ1) is 16.2. The molecule has 2 fully saturated rings. The van der Waals surface area contributed by atoms with E-state index in [4.69, 9.17) is 23.6 Å². The predicted molar refractivity (Wildman–Crippen MR) is 146 cm³/mol. The van der Waals surface area contributed by atoms with E-state index in [1.165, 1.54) is 0 Å². The molecule has 1 amide bonds. The number of hydrogen-bond acceptors (Lipinski definition) is 6. The maximum Gasteiger partial charge on any atom is 0.498 e. The Kier molecular flexibility index (Phi) is 7.91. The Morgan fingerprint density at radius 2 is 1.72 bits per heavy atom. The van der Waals surface area contributed by atoms with E-state index in [9.17, 15) is 4.79 Å². The van der Waals surface area contributed by atoms with Crippen molar-refractivity contribution in [2.24, 2.45) is 0 Å². The molecule has 0 aliphatic carbocycles. The van der Waals surface area contributed by atoms with E-state index in [-0.39, 0.29) is 17.2 Å². The van der Waals surface area contributed by atoms with E-state index in [1.807, 2.05) is 31.6 Å².